The molecule has 1 N–H and O–H groups in total. The smallest absolute Gasteiger partial charge is 0.245 e. The van der Waals surface area contributed by atoms with Crippen molar-refractivity contribution < 1.29 is 13.5 Å². The van der Waals surface area contributed by atoms with Crippen molar-refractivity contribution in [1.82, 2.24) is 4.31 Å². The summed E-state index contributed by atoms with van der Waals surface area (Å²) >= 11 is 4.58. The first kappa shape index (κ1) is 16.4. The van der Waals surface area contributed by atoms with Crippen molar-refractivity contribution >= 4 is 37.3 Å². The Morgan fingerprint density at radius 2 is 2.10 bits per heavy atom. The zero-order valence-electron chi connectivity index (χ0n) is 11.8. The number of hydrogen-bond donors (Lipinski definition) is 1. The van der Waals surface area contributed by atoms with Crippen molar-refractivity contribution in [2.24, 2.45) is 11.8 Å². The zero-order valence-corrected chi connectivity index (χ0v) is 15.1. The Balaban J connectivity index is 2.40. The van der Waals surface area contributed by atoms with Gasteiger partial charge in [0.2, 0.25) is 10.0 Å². The number of rotatable bonds is 3. The molecule has 0 saturated carbocycles. The number of aliphatic hydroxyl groups is 1. The third kappa shape index (κ3) is 2.97. The van der Waals surface area contributed by atoms with Crippen molar-refractivity contribution in [2.75, 3.05) is 6.54 Å². The average Bonchev–Trinajstić information content (AvgIpc) is 2.75. The Kier molecular flexibility index (Phi) is 4.96. The van der Waals surface area contributed by atoms with Crippen molar-refractivity contribution in [3.8, 4) is 0 Å². The van der Waals surface area contributed by atoms with Gasteiger partial charge in [-0.25, -0.2) is 8.42 Å². The van der Waals surface area contributed by atoms with E-state index in [9.17, 15) is 8.42 Å². The number of thiophene rings is 1. The molecule has 0 aliphatic carbocycles. The van der Waals surface area contributed by atoms with Crippen LogP contribution in [0.25, 0.3) is 0 Å². The van der Waals surface area contributed by atoms with Crippen LogP contribution in [0.2, 0.25) is 0 Å². The first-order chi connectivity index (χ1) is 9.27. The van der Waals surface area contributed by atoms with Gasteiger partial charge in [-0.2, -0.15) is 4.31 Å². The first-order valence-electron chi connectivity index (χ1n) is 6.68. The summed E-state index contributed by atoms with van der Waals surface area (Å²) < 4.78 is 27.9. The molecule has 0 aromatic carbocycles. The molecule has 1 fully saturated rings. The van der Waals surface area contributed by atoms with Gasteiger partial charge in [-0.15, -0.1) is 11.3 Å². The monoisotopic (exact) mass is 381 g/mol. The molecular formula is C13H20BrNO3S2. The summed E-state index contributed by atoms with van der Waals surface area (Å²) in [5.74, 6) is 0.717. The molecule has 1 aromatic rings. The molecule has 1 aliphatic heterocycles. The van der Waals surface area contributed by atoms with E-state index < -0.39 is 10.0 Å². The van der Waals surface area contributed by atoms with Crippen molar-refractivity contribution in [1.29, 1.82) is 0 Å². The number of piperidine rings is 1. The fourth-order valence-electron chi connectivity index (χ4n) is 2.76. The van der Waals surface area contributed by atoms with E-state index in [1.165, 1.54) is 11.3 Å². The lowest BCUT2D eigenvalue weighted by atomic mass is 9.88. The van der Waals surface area contributed by atoms with Gasteiger partial charge >= 0.3 is 0 Å². The molecule has 0 bridgehead atoms. The van der Waals surface area contributed by atoms with Gasteiger partial charge in [0.25, 0.3) is 0 Å². The molecule has 0 radical (unpaired) electrons. The second-order valence-corrected chi connectivity index (χ2v) is 9.96. The number of sulfonamides is 1. The van der Waals surface area contributed by atoms with Crippen LogP contribution in [-0.4, -0.2) is 30.4 Å². The van der Waals surface area contributed by atoms with E-state index in [4.69, 9.17) is 5.11 Å². The third-order valence-electron chi connectivity index (χ3n) is 3.99. The van der Waals surface area contributed by atoms with Gasteiger partial charge in [-0.1, -0.05) is 13.8 Å². The maximum Gasteiger partial charge on any atom is 0.245 e. The van der Waals surface area contributed by atoms with Crippen LogP contribution in [0, 0.1) is 11.8 Å². The Hall–Kier alpha value is 0.0500. The van der Waals surface area contributed by atoms with Crippen LogP contribution in [-0.2, 0) is 16.6 Å². The molecule has 0 amide bonds. The summed E-state index contributed by atoms with van der Waals surface area (Å²) in [6.07, 6.45) is 1.06. The average molecular weight is 382 g/mol. The fourth-order valence-corrected chi connectivity index (χ4v) is 7.10. The van der Waals surface area contributed by atoms with Gasteiger partial charge in [0.15, 0.2) is 0 Å². The number of nitrogens with zero attached hydrogens (tertiary/aromatic N) is 1. The topological polar surface area (TPSA) is 57.6 Å². The van der Waals surface area contributed by atoms with E-state index in [-0.39, 0.29) is 17.5 Å². The van der Waals surface area contributed by atoms with Crippen LogP contribution >= 0.6 is 27.3 Å². The van der Waals surface area contributed by atoms with E-state index in [1.54, 1.807) is 10.4 Å². The summed E-state index contributed by atoms with van der Waals surface area (Å²) in [6.45, 7) is 6.59. The molecule has 2 heterocycles. The predicted molar refractivity (Wildman–Crippen MR) is 84.2 cm³/mol. The van der Waals surface area contributed by atoms with Gasteiger partial charge in [0, 0.05) is 17.5 Å². The quantitative estimate of drug-likeness (QED) is 0.874. The molecule has 3 atom stereocenters. The van der Waals surface area contributed by atoms with Crippen molar-refractivity contribution in [3.05, 3.63) is 14.7 Å². The molecule has 2 rings (SSSR count). The summed E-state index contributed by atoms with van der Waals surface area (Å²) in [6, 6.07) is 1.57. The molecule has 1 saturated heterocycles. The standard InChI is InChI=1S/C13H20BrNO3S2/c1-8-4-9(2)10(3)15(6-8)20(17,18)12-5-11(7-16)19-13(12)14/h5,8-10,16H,4,6-7H2,1-3H3. The summed E-state index contributed by atoms with van der Waals surface area (Å²) in [4.78, 5) is 0.931. The van der Waals surface area contributed by atoms with Crippen LogP contribution in [0.15, 0.2) is 14.7 Å². The second-order valence-electron chi connectivity index (χ2n) is 5.64. The van der Waals surface area contributed by atoms with Crippen LogP contribution in [0.3, 0.4) is 0 Å². The normalized spacial score (nSPS) is 28.8. The molecular weight excluding hydrogens is 362 g/mol. The molecule has 20 heavy (non-hydrogen) atoms. The van der Waals surface area contributed by atoms with Crippen molar-refractivity contribution in [3.63, 3.8) is 0 Å². The summed E-state index contributed by atoms with van der Waals surface area (Å²) in [5, 5.41) is 9.17. The number of aliphatic hydroxyl groups excluding tert-OH is 1. The lowest BCUT2D eigenvalue weighted by Crippen LogP contribution is -2.48. The second kappa shape index (κ2) is 6.04. The van der Waals surface area contributed by atoms with Gasteiger partial charge < -0.3 is 5.11 Å². The minimum atomic E-state index is -3.51. The lowest BCUT2D eigenvalue weighted by Gasteiger charge is -2.39. The van der Waals surface area contributed by atoms with Crippen LogP contribution in [0.5, 0.6) is 0 Å². The van der Waals surface area contributed by atoms with E-state index in [2.05, 4.69) is 29.8 Å². The molecule has 1 aromatic heterocycles. The lowest BCUT2D eigenvalue weighted by molar-refractivity contribution is 0.157. The van der Waals surface area contributed by atoms with E-state index in [0.29, 0.717) is 27.0 Å². The summed E-state index contributed by atoms with van der Waals surface area (Å²) in [5.41, 5.74) is 0. The Labute approximate surface area is 133 Å². The highest BCUT2D eigenvalue weighted by Crippen LogP contribution is 2.37. The SMILES string of the molecule is CC1CC(C)C(C)N(S(=O)(=O)c2cc(CO)sc2Br)C1. The number of halogens is 1. The fraction of sp³-hybridized carbons (Fsp3) is 0.692. The van der Waals surface area contributed by atoms with E-state index in [0.717, 1.165) is 6.42 Å². The highest BCUT2D eigenvalue weighted by atomic mass is 79.9. The minimum absolute atomic E-state index is 0.000534. The zero-order chi connectivity index (χ0) is 15.1. The Morgan fingerprint density at radius 1 is 1.45 bits per heavy atom. The largest absolute Gasteiger partial charge is 0.391 e. The Morgan fingerprint density at radius 3 is 2.65 bits per heavy atom. The van der Waals surface area contributed by atoms with Gasteiger partial charge in [-0.05, 0) is 47.2 Å². The molecule has 0 spiro atoms. The van der Waals surface area contributed by atoms with Gasteiger partial charge in [-0.3, -0.25) is 0 Å². The van der Waals surface area contributed by atoms with E-state index in [1.807, 2.05) is 6.92 Å². The molecule has 1 aliphatic rings. The highest BCUT2D eigenvalue weighted by Gasteiger charge is 2.38. The first-order valence-corrected chi connectivity index (χ1v) is 9.73. The molecule has 7 heteroatoms. The predicted octanol–water partition coefficient (Wildman–Crippen LogP) is 3.06. The van der Waals surface area contributed by atoms with E-state index >= 15 is 0 Å². The maximum absolute atomic E-state index is 12.9. The highest BCUT2D eigenvalue weighted by molar-refractivity contribution is 9.11. The maximum atomic E-state index is 12.9. The van der Waals surface area contributed by atoms with Gasteiger partial charge in [0.1, 0.15) is 4.90 Å². The molecule has 4 nitrogen and oxygen atoms in total. The molecule has 3 unspecified atom stereocenters. The van der Waals surface area contributed by atoms with Crippen LogP contribution in [0.1, 0.15) is 32.1 Å². The van der Waals surface area contributed by atoms with Crippen LogP contribution in [0.4, 0.5) is 0 Å². The molecule has 114 valence electrons. The number of hydrogen-bond acceptors (Lipinski definition) is 4. The van der Waals surface area contributed by atoms with Crippen molar-refractivity contribution in [2.45, 2.75) is 44.7 Å². The third-order valence-corrected chi connectivity index (χ3v) is 8.18. The Bertz CT molecular complexity index is 584. The van der Waals surface area contributed by atoms with Gasteiger partial charge in [0.05, 0.1) is 10.4 Å². The summed E-state index contributed by atoms with van der Waals surface area (Å²) in [7, 11) is -3.51. The minimum Gasteiger partial charge on any atom is -0.391 e. The van der Waals surface area contributed by atoms with Crippen LogP contribution < -0.4 is 0 Å².